The number of aromatic carboxylic acids is 1. The van der Waals surface area contributed by atoms with Gasteiger partial charge < -0.3 is 9.63 Å². The first kappa shape index (κ1) is 13.5. The number of carbonyl (C=O) groups is 1. The Morgan fingerprint density at radius 1 is 1.24 bits per heavy atom. The molecule has 0 radical (unpaired) electrons. The monoisotopic (exact) mass is 300 g/mol. The van der Waals surface area contributed by atoms with Crippen LogP contribution in [0.2, 0.25) is 0 Å². The fraction of sp³-hybridized carbons (Fsp3) is 0.133. The Morgan fingerprint density at radius 3 is 2.67 bits per heavy atom. The largest absolute Gasteiger partial charge is 0.478 e. The second-order valence-corrected chi connectivity index (χ2v) is 5.47. The zero-order valence-electron chi connectivity index (χ0n) is 11.5. The van der Waals surface area contributed by atoms with Crippen LogP contribution in [0.1, 0.15) is 21.5 Å². The van der Waals surface area contributed by atoms with E-state index >= 15 is 0 Å². The Bertz CT molecular complexity index is 806. The van der Waals surface area contributed by atoms with E-state index in [1.165, 1.54) is 11.3 Å². The summed E-state index contributed by atoms with van der Waals surface area (Å²) in [4.78, 5) is 15.8. The molecule has 0 saturated carbocycles. The zero-order valence-corrected chi connectivity index (χ0v) is 12.3. The summed E-state index contributed by atoms with van der Waals surface area (Å²) >= 11 is 1.54. The molecule has 0 aliphatic carbocycles. The van der Waals surface area contributed by atoms with Crippen molar-refractivity contribution in [3.63, 3.8) is 0 Å². The summed E-state index contributed by atoms with van der Waals surface area (Å²) < 4.78 is 5.28. The molecule has 0 atom stereocenters. The van der Waals surface area contributed by atoms with Crippen LogP contribution in [0.3, 0.4) is 0 Å². The number of hydrogen-bond acceptors (Lipinski definition) is 5. The molecular formula is C15H12N2O3S. The fourth-order valence-corrected chi connectivity index (χ4v) is 2.83. The molecule has 0 unspecified atom stereocenters. The molecule has 1 aromatic carbocycles. The van der Waals surface area contributed by atoms with Crippen molar-refractivity contribution < 1.29 is 14.4 Å². The number of aryl methyl sites for hydroxylation is 2. The van der Waals surface area contributed by atoms with Gasteiger partial charge in [0.2, 0.25) is 5.82 Å². The molecule has 3 rings (SSSR count). The van der Waals surface area contributed by atoms with Gasteiger partial charge in [-0.15, -0.1) is 0 Å². The van der Waals surface area contributed by atoms with Crippen LogP contribution >= 0.6 is 11.3 Å². The van der Waals surface area contributed by atoms with Crippen LogP contribution in [0, 0.1) is 13.8 Å². The Morgan fingerprint density at radius 2 is 2.00 bits per heavy atom. The van der Waals surface area contributed by atoms with Gasteiger partial charge in [-0.2, -0.15) is 16.3 Å². The lowest BCUT2D eigenvalue weighted by atomic mass is 9.97. The molecule has 0 aliphatic rings. The van der Waals surface area contributed by atoms with E-state index in [-0.39, 0.29) is 11.5 Å². The number of rotatable bonds is 3. The molecule has 1 N–H and O–H groups in total. The molecular weight excluding hydrogens is 288 g/mol. The molecule has 0 fully saturated rings. The Balaban J connectivity index is 2.17. The maximum atomic E-state index is 11.5. The lowest BCUT2D eigenvalue weighted by Gasteiger charge is -2.08. The second-order valence-electron chi connectivity index (χ2n) is 4.69. The van der Waals surface area contributed by atoms with Gasteiger partial charge in [0.15, 0.2) is 0 Å². The van der Waals surface area contributed by atoms with Gasteiger partial charge in [0.1, 0.15) is 0 Å². The molecule has 0 saturated heterocycles. The smallest absolute Gasteiger partial charge is 0.336 e. The first-order valence-electron chi connectivity index (χ1n) is 6.28. The van der Waals surface area contributed by atoms with Crippen molar-refractivity contribution >= 4 is 17.3 Å². The van der Waals surface area contributed by atoms with Gasteiger partial charge in [-0.1, -0.05) is 17.3 Å². The van der Waals surface area contributed by atoms with Crippen molar-refractivity contribution in [2.45, 2.75) is 13.8 Å². The van der Waals surface area contributed by atoms with Crippen molar-refractivity contribution in [2.24, 2.45) is 0 Å². The van der Waals surface area contributed by atoms with Crippen LogP contribution in [0.5, 0.6) is 0 Å². The van der Waals surface area contributed by atoms with Crippen LogP contribution in [-0.4, -0.2) is 21.2 Å². The molecule has 0 bridgehead atoms. The summed E-state index contributed by atoms with van der Waals surface area (Å²) in [7, 11) is 0. The third kappa shape index (κ3) is 2.34. The van der Waals surface area contributed by atoms with Crippen LogP contribution in [0.15, 0.2) is 33.5 Å². The molecule has 106 valence electrons. The van der Waals surface area contributed by atoms with Crippen molar-refractivity contribution in [1.82, 2.24) is 10.1 Å². The van der Waals surface area contributed by atoms with Gasteiger partial charge in [0.25, 0.3) is 5.89 Å². The number of nitrogens with zero attached hydrogens (tertiary/aromatic N) is 2. The predicted molar refractivity (Wildman–Crippen MR) is 79.5 cm³/mol. The van der Waals surface area contributed by atoms with E-state index in [0.29, 0.717) is 17.0 Å². The van der Waals surface area contributed by atoms with Gasteiger partial charge in [-0.3, -0.25) is 0 Å². The minimum atomic E-state index is -0.999. The van der Waals surface area contributed by atoms with Gasteiger partial charge in [-0.25, -0.2) is 4.79 Å². The maximum Gasteiger partial charge on any atom is 0.336 e. The van der Waals surface area contributed by atoms with Crippen molar-refractivity contribution in [2.75, 3.05) is 0 Å². The van der Waals surface area contributed by atoms with E-state index in [2.05, 4.69) is 10.1 Å². The molecule has 2 heterocycles. The highest BCUT2D eigenvalue weighted by atomic mass is 32.1. The average molecular weight is 300 g/mol. The lowest BCUT2D eigenvalue weighted by molar-refractivity contribution is 0.0696. The first-order chi connectivity index (χ1) is 10.1. The van der Waals surface area contributed by atoms with E-state index in [0.717, 1.165) is 11.1 Å². The van der Waals surface area contributed by atoms with E-state index in [1.54, 1.807) is 13.0 Å². The second kappa shape index (κ2) is 5.14. The molecule has 0 amide bonds. The molecule has 0 spiro atoms. The van der Waals surface area contributed by atoms with Gasteiger partial charge in [0, 0.05) is 10.9 Å². The van der Waals surface area contributed by atoms with Crippen LogP contribution in [0.4, 0.5) is 0 Å². The van der Waals surface area contributed by atoms with Gasteiger partial charge >= 0.3 is 5.97 Å². The molecule has 3 aromatic rings. The minimum Gasteiger partial charge on any atom is -0.478 e. The Labute approximate surface area is 124 Å². The van der Waals surface area contributed by atoms with Gasteiger partial charge in [0.05, 0.1) is 11.1 Å². The maximum absolute atomic E-state index is 11.5. The van der Waals surface area contributed by atoms with Crippen molar-refractivity contribution in [1.29, 1.82) is 0 Å². The SMILES string of the molecule is Cc1ccc(C)c(-c2nc(-c3ccsc3)no2)c1C(=O)O. The summed E-state index contributed by atoms with van der Waals surface area (Å²) in [6.45, 7) is 3.58. The summed E-state index contributed by atoms with van der Waals surface area (Å²) in [5.74, 6) is -0.306. The van der Waals surface area contributed by atoms with Crippen molar-refractivity contribution in [3.05, 3.63) is 45.6 Å². The summed E-state index contributed by atoms with van der Waals surface area (Å²) in [6.07, 6.45) is 0. The van der Waals surface area contributed by atoms with Gasteiger partial charge in [-0.05, 0) is 36.4 Å². The number of benzene rings is 1. The van der Waals surface area contributed by atoms with E-state index in [9.17, 15) is 9.90 Å². The number of carboxylic acids is 1. The van der Waals surface area contributed by atoms with Crippen LogP contribution in [0.25, 0.3) is 22.8 Å². The molecule has 2 aromatic heterocycles. The molecule has 6 heteroatoms. The molecule has 21 heavy (non-hydrogen) atoms. The summed E-state index contributed by atoms with van der Waals surface area (Å²) in [6, 6.07) is 5.52. The highest BCUT2D eigenvalue weighted by molar-refractivity contribution is 7.08. The third-order valence-corrected chi connectivity index (χ3v) is 3.94. The van der Waals surface area contributed by atoms with E-state index < -0.39 is 5.97 Å². The minimum absolute atomic E-state index is 0.204. The average Bonchev–Trinajstić information content (AvgIpc) is 3.10. The first-order valence-corrected chi connectivity index (χ1v) is 7.22. The number of thiophene rings is 1. The van der Waals surface area contributed by atoms with E-state index in [1.807, 2.05) is 29.8 Å². The number of hydrogen-bond donors (Lipinski definition) is 1. The van der Waals surface area contributed by atoms with E-state index in [4.69, 9.17) is 4.52 Å². The standard InChI is InChI=1S/C15H12N2O3S/c1-8-3-4-9(2)12(15(18)19)11(8)14-16-13(17-20-14)10-5-6-21-7-10/h3-7H,1-2H3,(H,18,19). The fourth-order valence-electron chi connectivity index (χ4n) is 2.20. The Hall–Kier alpha value is -2.47. The Kier molecular flexibility index (Phi) is 3.31. The highest BCUT2D eigenvalue weighted by Crippen LogP contribution is 2.30. The van der Waals surface area contributed by atoms with Crippen molar-refractivity contribution in [3.8, 4) is 22.8 Å². The predicted octanol–water partition coefficient (Wildman–Crippen LogP) is 3.78. The normalized spacial score (nSPS) is 10.8. The zero-order chi connectivity index (χ0) is 15.0. The van der Waals surface area contributed by atoms with Crippen LogP contribution < -0.4 is 0 Å². The summed E-state index contributed by atoms with van der Waals surface area (Å²) in [5.41, 5.74) is 3.00. The molecule has 0 aliphatic heterocycles. The number of carboxylic acid groups (broad SMARTS) is 1. The quantitative estimate of drug-likeness (QED) is 0.796. The topological polar surface area (TPSA) is 76.2 Å². The number of aromatic nitrogens is 2. The lowest BCUT2D eigenvalue weighted by Crippen LogP contribution is -2.04. The third-order valence-electron chi connectivity index (χ3n) is 3.26. The van der Waals surface area contributed by atoms with Crippen LogP contribution in [-0.2, 0) is 0 Å². The summed E-state index contributed by atoms with van der Waals surface area (Å²) in [5, 5.41) is 17.2. The highest BCUT2D eigenvalue weighted by Gasteiger charge is 2.22. The molecule has 5 nitrogen and oxygen atoms in total.